The summed E-state index contributed by atoms with van der Waals surface area (Å²) in [4.78, 5) is 18.7. The van der Waals surface area contributed by atoms with Crippen molar-refractivity contribution >= 4 is 35.8 Å². The lowest BCUT2D eigenvalue weighted by molar-refractivity contribution is 0.0953. The average Bonchev–Trinajstić information content (AvgIpc) is 3.49. The molecule has 0 aromatic heterocycles. The summed E-state index contributed by atoms with van der Waals surface area (Å²) in [6, 6.07) is 9.27. The molecule has 0 saturated heterocycles. The number of aliphatic imine (C=N–C) groups is 1. The summed E-state index contributed by atoms with van der Waals surface area (Å²) in [5.41, 5.74) is 0.690. The molecule has 7 heteroatoms. The summed E-state index contributed by atoms with van der Waals surface area (Å²) in [7, 11) is 2.03. The zero-order valence-corrected chi connectivity index (χ0v) is 18.8. The first-order valence-electron chi connectivity index (χ1n) is 9.61. The van der Waals surface area contributed by atoms with Crippen LogP contribution in [0, 0.1) is 5.92 Å². The third-order valence-corrected chi connectivity index (χ3v) is 4.24. The number of likely N-dealkylation sites (N-methyl/N-ethyl adjacent to an activating group) is 1. The summed E-state index contributed by atoms with van der Waals surface area (Å²) in [6.07, 6.45) is 3.45. The minimum atomic E-state index is -0.0357. The number of carbonyl (C=O) groups is 1. The van der Waals surface area contributed by atoms with Crippen LogP contribution in [0.4, 0.5) is 0 Å². The van der Waals surface area contributed by atoms with E-state index in [4.69, 9.17) is 4.74 Å². The lowest BCUT2D eigenvalue weighted by Gasteiger charge is -2.22. The van der Waals surface area contributed by atoms with Crippen molar-refractivity contribution in [1.29, 1.82) is 0 Å². The van der Waals surface area contributed by atoms with Gasteiger partial charge < -0.3 is 20.3 Å². The molecule has 0 bridgehead atoms. The van der Waals surface area contributed by atoms with E-state index in [1.165, 1.54) is 12.8 Å². The smallest absolute Gasteiger partial charge is 0.251 e. The summed E-state index contributed by atoms with van der Waals surface area (Å²) in [6.45, 7) is 6.62. The molecule has 6 nitrogen and oxygen atoms in total. The standard InChI is InChI=1S/C20H32N4O2.HI/c1-3-21-20(24(2)14-15-26-16-17-10-11-17)23-13-7-12-22-19(25)18-8-5-4-6-9-18;/h4-6,8-9,17H,3,7,10-16H2,1-2H3,(H,21,23)(H,22,25);1H. The molecule has 1 amide bonds. The molecule has 0 radical (unpaired) electrons. The molecule has 0 unspecified atom stereocenters. The van der Waals surface area contributed by atoms with Crippen molar-refractivity contribution in [2.24, 2.45) is 10.9 Å². The van der Waals surface area contributed by atoms with Gasteiger partial charge in [0.2, 0.25) is 0 Å². The van der Waals surface area contributed by atoms with Gasteiger partial charge in [0.1, 0.15) is 0 Å². The molecule has 0 spiro atoms. The van der Waals surface area contributed by atoms with Gasteiger partial charge in [-0.25, -0.2) is 0 Å². The van der Waals surface area contributed by atoms with Crippen molar-refractivity contribution in [3.8, 4) is 0 Å². The molecular weight excluding hydrogens is 455 g/mol. The summed E-state index contributed by atoms with van der Waals surface area (Å²) < 4.78 is 5.70. The minimum Gasteiger partial charge on any atom is -0.379 e. The number of carbonyl (C=O) groups excluding carboxylic acids is 1. The second kappa shape index (κ2) is 13.8. The Hall–Kier alpha value is -1.35. The fourth-order valence-corrected chi connectivity index (χ4v) is 2.47. The maximum atomic E-state index is 12.0. The molecule has 0 aliphatic heterocycles. The maximum absolute atomic E-state index is 12.0. The zero-order chi connectivity index (χ0) is 18.6. The van der Waals surface area contributed by atoms with Gasteiger partial charge in [0.25, 0.3) is 5.91 Å². The SMILES string of the molecule is CCNC(=NCCCNC(=O)c1ccccc1)N(C)CCOCC1CC1.I. The van der Waals surface area contributed by atoms with Crippen molar-refractivity contribution < 1.29 is 9.53 Å². The zero-order valence-electron chi connectivity index (χ0n) is 16.4. The Morgan fingerprint density at radius 1 is 1.26 bits per heavy atom. The second-order valence-electron chi connectivity index (χ2n) is 6.65. The van der Waals surface area contributed by atoms with E-state index in [0.29, 0.717) is 18.7 Å². The number of nitrogens with zero attached hydrogens (tertiary/aromatic N) is 2. The number of ether oxygens (including phenoxy) is 1. The average molecular weight is 488 g/mol. The van der Waals surface area contributed by atoms with Crippen molar-refractivity contribution in [2.45, 2.75) is 26.2 Å². The Bertz CT molecular complexity index is 564. The predicted molar refractivity (Wildman–Crippen MR) is 121 cm³/mol. The van der Waals surface area contributed by atoms with Crippen LogP contribution in [0.1, 0.15) is 36.5 Å². The van der Waals surface area contributed by atoms with E-state index < -0.39 is 0 Å². The van der Waals surface area contributed by atoms with Crippen LogP contribution in [0.15, 0.2) is 35.3 Å². The Labute approximate surface area is 180 Å². The van der Waals surface area contributed by atoms with Crippen LogP contribution in [0.2, 0.25) is 0 Å². The monoisotopic (exact) mass is 488 g/mol. The van der Waals surface area contributed by atoms with E-state index in [1.54, 1.807) is 0 Å². The van der Waals surface area contributed by atoms with Crippen LogP contribution < -0.4 is 10.6 Å². The fraction of sp³-hybridized carbons (Fsp3) is 0.600. The Morgan fingerprint density at radius 2 is 2.00 bits per heavy atom. The Morgan fingerprint density at radius 3 is 2.67 bits per heavy atom. The van der Waals surface area contributed by atoms with Crippen LogP contribution in [0.3, 0.4) is 0 Å². The van der Waals surface area contributed by atoms with Crippen molar-refractivity contribution in [3.05, 3.63) is 35.9 Å². The topological polar surface area (TPSA) is 66.0 Å². The molecule has 0 atom stereocenters. The van der Waals surface area contributed by atoms with Gasteiger partial charge in [0.05, 0.1) is 6.61 Å². The molecule has 1 aliphatic carbocycles. The van der Waals surface area contributed by atoms with Gasteiger partial charge in [-0.05, 0) is 44.2 Å². The van der Waals surface area contributed by atoms with E-state index in [2.05, 4.69) is 27.4 Å². The minimum absolute atomic E-state index is 0. The highest BCUT2D eigenvalue weighted by Gasteiger charge is 2.21. The fourth-order valence-electron chi connectivity index (χ4n) is 2.47. The number of hydrogen-bond donors (Lipinski definition) is 2. The van der Waals surface area contributed by atoms with Crippen molar-refractivity contribution in [3.63, 3.8) is 0 Å². The molecule has 0 heterocycles. The van der Waals surface area contributed by atoms with Crippen LogP contribution in [0.25, 0.3) is 0 Å². The summed E-state index contributed by atoms with van der Waals surface area (Å²) in [5.74, 6) is 1.65. The van der Waals surface area contributed by atoms with Gasteiger partial charge in [0, 0.05) is 45.4 Å². The van der Waals surface area contributed by atoms with Gasteiger partial charge in [-0.15, -0.1) is 24.0 Å². The van der Waals surface area contributed by atoms with E-state index in [1.807, 2.05) is 37.4 Å². The van der Waals surface area contributed by atoms with Gasteiger partial charge in [-0.1, -0.05) is 18.2 Å². The number of benzene rings is 1. The largest absolute Gasteiger partial charge is 0.379 e. The van der Waals surface area contributed by atoms with Crippen molar-refractivity contribution in [1.82, 2.24) is 15.5 Å². The number of amides is 1. The third kappa shape index (κ3) is 9.95. The van der Waals surface area contributed by atoms with E-state index in [0.717, 1.165) is 44.6 Å². The molecule has 1 aromatic carbocycles. The van der Waals surface area contributed by atoms with Gasteiger partial charge >= 0.3 is 0 Å². The molecule has 152 valence electrons. The first-order chi connectivity index (χ1) is 12.7. The van der Waals surface area contributed by atoms with Crippen LogP contribution in [-0.4, -0.2) is 63.2 Å². The molecule has 2 N–H and O–H groups in total. The third-order valence-electron chi connectivity index (χ3n) is 4.24. The van der Waals surface area contributed by atoms with Gasteiger partial charge in [-0.2, -0.15) is 0 Å². The number of rotatable bonds is 11. The molecule has 2 rings (SSSR count). The first-order valence-corrected chi connectivity index (χ1v) is 9.61. The van der Waals surface area contributed by atoms with Crippen molar-refractivity contribution in [2.75, 3.05) is 46.4 Å². The van der Waals surface area contributed by atoms with Crippen LogP contribution >= 0.6 is 24.0 Å². The van der Waals surface area contributed by atoms with Gasteiger partial charge in [-0.3, -0.25) is 9.79 Å². The lowest BCUT2D eigenvalue weighted by atomic mass is 10.2. The normalized spacial score (nSPS) is 13.6. The molecule has 1 fully saturated rings. The van der Waals surface area contributed by atoms with E-state index in [-0.39, 0.29) is 29.9 Å². The lowest BCUT2D eigenvalue weighted by Crippen LogP contribution is -2.40. The molecule has 1 saturated carbocycles. The second-order valence-corrected chi connectivity index (χ2v) is 6.65. The highest BCUT2D eigenvalue weighted by atomic mass is 127. The maximum Gasteiger partial charge on any atom is 0.251 e. The quantitative estimate of drug-likeness (QED) is 0.218. The molecule has 1 aliphatic rings. The number of nitrogens with one attached hydrogen (secondary N) is 2. The summed E-state index contributed by atoms with van der Waals surface area (Å²) in [5, 5.41) is 6.23. The molecule has 27 heavy (non-hydrogen) atoms. The highest BCUT2D eigenvalue weighted by molar-refractivity contribution is 14.0. The Kier molecular flexibility index (Phi) is 12.1. The van der Waals surface area contributed by atoms with E-state index >= 15 is 0 Å². The van der Waals surface area contributed by atoms with E-state index in [9.17, 15) is 4.79 Å². The molecular formula is C20H33IN4O2. The number of halogens is 1. The first kappa shape index (κ1) is 23.7. The number of hydrogen-bond acceptors (Lipinski definition) is 3. The van der Waals surface area contributed by atoms with Gasteiger partial charge in [0.15, 0.2) is 5.96 Å². The molecule has 1 aromatic rings. The Balaban J connectivity index is 0.00000364. The number of guanidine groups is 1. The van der Waals surface area contributed by atoms with Crippen LogP contribution in [0.5, 0.6) is 0 Å². The highest BCUT2D eigenvalue weighted by Crippen LogP contribution is 2.28. The van der Waals surface area contributed by atoms with Crippen LogP contribution in [-0.2, 0) is 4.74 Å². The predicted octanol–water partition coefficient (Wildman–Crippen LogP) is 2.75. The summed E-state index contributed by atoms with van der Waals surface area (Å²) >= 11 is 0.